The number of nitrogens with zero attached hydrogens (tertiary/aromatic N) is 3. The van der Waals surface area contributed by atoms with Crippen molar-refractivity contribution in [3.63, 3.8) is 0 Å². The minimum absolute atomic E-state index is 0.144. The molecule has 0 spiro atoms. The van der Waals surface area contributed by atoms with E-state index in [2.05, 4.69) is 20.3 Å². The number of benzene rings is 1. The summed E-state index contributed by atoms with van der Waals surface area (Å²) in [7, 11) is -4.67. The van der Waals surface area contributed by atoms with Crippen LogP contribution in [0.5, 0.6) is 0 Å². The van der Waals surface area contributed by atoms with Crippen molar-refractivity contribution >= 4 is 16.3 Å². The molecule has 1 fully saturated rings. The Labute approximate surface area is 189 Å². The van der Waals surface area contributed by atoms with E-state index in [1.807, 2.05) is 12.1 Å². The third-order valence-electron chi connectivity index (χ3n) is 5.03. The van der Waals surface area contributed by atoms with Crippen molar-refractivity contribution in [3.8, 4) is 22.5 Å². The van der Waals surface area contributed by atoms with Gasteiger partial charge < -0.3 is 11.1 Å². The number of hydrogen-bond donors (Lipinski definition) is 4. The second-order valence-electron chi connectivity index (χ2n) is 7.61. The number of pyridine rings is 1. The number of nitrogens with two attached hydrogens (primary N) is 1. The molecule has 174 valence electrons. The molecule has 0 saturated heterocycles. The van der Waals surface area contributed by atoms with Gasteiger partial charge in [0.1, 0.15) is 5.82 Å². The average molecular weight is 476 g/mol. The molecule has 4 rings (SSSR count). The number of halogens is 1. The van der Waals surface area contributed by atoms with Crippen LogP contribution in [-0.2, 0) is 10.4 Å². The molecular formula is C21H22FN5O5S. The van der Waals surface area contributed by atoms with E-state index in [1.54, 1.807) is 24.5 Å². The third-order valence-corrected chi connectivity index (χ3v) is 5.03. The minimum atomic E-state index is -4.67. The number of amides is 1. The molecule has 12 heteroatoms. The van der Waals surface area contributed by atoms with Crippen LogP contribution in [0.3, 0.4) is 0 Å². The predicted molar refractivity (Wildman–Crippen MR) is 118 cm³/mol. The van der Waals surface area contributed by atoms with Gasteiger partial charge in [0.05, 0.1) is 30.0 Å². The summed E-state index contributed by atoms with van der Waals surface area (Å²) in [6, 6.07) is 8.47. The standard InChI is InChI=1S/C21H20FN5O.H2O4S/c22-17-8-16(9-24-10-17)19-12-25-11-18(27-19)14-2-4-15(5-3-14)20(28)26-13-21(23)6-1-7-21;1-5(2,3)4/h2-5,8-12H,1,6-7,13,23H2,(H,26,28);(H2,1,2,3,4). The Morgan fingerprint density at radius 3 is 2.15 bits per heavy atom. The average Bonchev–Trinajstić information content (AvgIpc) is 2.75. The highest BCUT2D eigenvalue weighted by molar-refractivity contribution is 7.79. The molecule has 1 amide bonds. The Balaban J connectivity index is 0.000000555. The van der Waals surface area contributed by atoms with Crippen LogP contribution in [0.2, 0.25) is 0 Å². The van der Waals surface area contributed by atoms with E-state index in [0.717, 1.165) is 31.0 Å². The van der Waals surface area contributed by atoms with Crippen LogP contribution in [-0.4, -0.2) is 50.5 Å². The van der Waals surface area contributed by atoms with Gasteiger partial charge in [0.25, 0.3) is 5.91 Å². The molecule has 1 aliphatic carbocycles. The molecule has 0 radical (unpaired) electrons. The summed E-state index contributed by atoms with van der Waals surface area (Å²) < 4.78 is 45.0. The summed E-state index contributed by atoms with van der Waals surface area (Å²) >= 11 is 0. The van der Waals surface area contributed by atoms with Gasteiger partial charge in [-0.05, 0) is 37.5 Å². The number of carbonyl (C=O) groups is 1. The molecule has 1 saturated carbocycles. The van der Waals surface area contributed by atoms with Crippen LogP contribution in [0.4, 0.5) is 4.39 Å². The zero-order valence-corrected chi connectivity index (χ0v) is 18.2. The first kappa shape index (κ1) is 24.3. The normalized spacial score (nSPS) is 14.4. The van der Waals surface area contributed by atoms with Crippen molar-refractivity contribution in [1.82, 2.24) is 20.3 Å². The van der Waals surface area contributed by atoms with Crippen LogP contribution < -0.4 is 11.1 Å². The third kappa shape index (κ3) is 7.36. The van der Waals surface area contributed by atoms with Crippen molar-refractivity contribution in [3.05, 3.63) is 66.5 Å². The highest BCUT2D eigenvalue weighted by Gasteiger charge is 2.32. The topological polar surface area (TPSA) is 168 Å². The van der Waals surface area contributed by atoms with Gasteiger partial charge in [-0.1, -0.05) is 12.1 Å². The smallest absolute Gasteiger partial charge is 0.350 e. The van der Waals surface area contributed by atoms with Crippen LogP contribution in [0.1, 0.15) is 29.6 Å². The lowest BCUT2D eigenvalue weighted by atomic mass is 9.78. The van der Waals surface area contributed by atoms with Crippen molar-refractivity contribution in [2.45, 2.75) is 24.8 Å². The van der Waals surface area contributed by atoms with Gasteiger partial charge in [0, 0.05) is 35.0 Å². The fraction of sp³-hybridized carbons (Fsp3) is 0.238. The molecule has 3 aromatic rings. The lowest BCUT2D eigenvalue weighted by molar-refractivity contribution is 0.0929. The fourth-order valence-electron chi connectivity index (χ4n) is 3.15. The molecule has 0 bridgehead atoms. The maximum Gasteiger partial charge on any atom is 0.394 e. The lowest BCUT2D eigenvalue weighted by Crippen LogP contribution is -2.54. The predicted octanol–water partition coefficient (Wildman–Crippen LogP) is 2.30. The molecule has 1 aliphatic rings. The molecule has 10 nitrogen and oxygen atoms in total. The number of carbonyl (C=O) groups excluding carboxylic acids is 1. The molecule has 0 atom stereocenters. The molecule has 5 N–H and O–H groups in total. The van der Waals surface area contributed by atoms with E-state index in [4.69, 9.17) is 23.3 Å². The maximum atomic E-state index is 13.4. The monoisotopic (exact) mass is 475 g/mol. The summed E-state index contributed by atoms with van der Waals surface area (Å²) in [5, 5.41) is 2.90. The van der Waals surface area contributed by atoms with Crippen LogP contribution in [0, 0.1) is 5.82 Å². The Morgan fingerprint density at radius 2 is 1.61 bits per heavy atom. The van der Waals surface area contributed by atoms with Gasteiger partial charge in [-0.15, -0.1) is 0 Å². The SMILES string of the molecule is NC1(CNC(=O)c2ccc(-c3cncc(-c4cncc(F)c4)n3)cc2)CCC1.O=S(=O)(O)O. The summed E-state index contributed by atoms with van der Waals surface area (Å²) in [4.78, 5) is 24.9. The Bertz CT molecular complexity index is 1230. The van der Waals surface area contributed by atoms with E-state index in [0.29, 0.717) is 29.1 Å². The van der Waals surface area contributed by atoms with E-state index in [-0.39, 0.29) is 11.4 Å². The Hall–Kier alpha value is -3.32. The molecular weight excluding hydrogens is 453 g/mol. The van der Waals surface area contributed by atoms with E-state index in [1.165, 1.54) is 12.3 Å². The highest BCUT2D eigenvalue weighted by Crippen LogP contribution is 2.28. The van der Waals surface area contributed by atoms with Crippen molar-refractivity contribution in [2.75, 3.05) is 6.54 Å². The number of nitrogens with one attached hydrogen (secondary N) is 1. The van der Waals surface area contributed by atoms with Gasteiger partial charge in [-0.25, -0.2) is 9.37 Å². The fourth-order valence-corrected chi connectivity index (χ4v) is 3.15. The van der Waals surface area contributed by atoms with Crippen LogP contribution in [0.15, 0.2) is 55.1 Å². The molecule has 2 aromatic heterocycles. The summed E-state index contributed by atoms with van der Waals surface area (Å²) in [6.45, 7) is 0.489. The van der Waals surface area contributed by atoms with Crippen molar-refractivity contribution < 1.29 is 26.7 Å². The van der Waals surface area contributed by atoms with E-state index in [9.17, 15) is 9.18 Å². The maximum absolute atomic E-state index is 13.4. The summed E-state index contributed by atoms with van der Waals surface area (Å²) in [6.07, 6.45) is 8.88. The number of rotatable bonds is 5. The van der Waals surface area contributed by atoms with E-state index < -0.39 is 16.2 Å². The second kappa shape index (κ2) is 10.1. The van der Waals surface area contributed by atoms with Gasteiger partial charge in [0.2, 0.25) is 0 Å². The van der Waals surface area contributed by atoms with Gasteiger partial charge in [-0.2, -0.15) is 8.42 Å². The lowest BCUT2D eigenvalue weighted by Gasteiger charge is -2.38. The molecule has 33 heavy (non-hydrogen) atoms. The highest BCUT2D eigenvalue weighted by atomic mass is 32.3. The Kier molecular flexibility index (Phi) is 7.43. The quantitative estimate of drug-likeness (QED) is 0.405. The zero-order valence-electron chi connectivity index (χ0n) is 17.3. The largest absolute Gasteiger partial charge is 0.394 e. The molecule has 0 aliphatic heterocycles. The summed E-state index contributed by atoms with van der Waals surface area (Å²) in [5.41, 5.74) is 8.97. The van der Waals surface area contributed by atoms with Crippen LogP contribution in [0.25, 0.3) is 22.5 Å². The van der Waals surface area contributed by atoms with Gasteiger partial charge in [0.15, 0.2) is 0 Å². The zero-order chi connectivity index (χ0) is 24.1. The first-order chi connectivity index (χ1) is 15.5. The van der Waals surface area contributed by atoms with Crippen LogP contribution >= 0.6 is 0 Å². The Morgan fingerprint density at radius 1 is 1.03 bits per heavy atom. The van der Waals surface area contributed by atoms with Crippen molar-refractivity contribution in [1.29, 1.82) is 0 Å². The molecule has 2 heterocycles. The first-order valence-electron chi connectivity index (χ1n) is 9.83. The molecule has 0 unspecified atom stereocenters. The van der Waals surface area contributed by atoms with Gasteiger partial charge >= 0.3 is 10.4 Å². The molecule has 1 aromatic carbocycles. The number of hydrogen-bond acceptors (Lipinski definition) is 7. The summed E-state index contributed by atoms with van der Waals surface area (Å²) in [5.74, 6) is -0.574. The first-order valence-corrected chi connectivity index (χ1v) is 11.2. The second-order valence-corrected chi connectivity index (χ2v) is 8.50. The van der Waals surface area contributed by atoms with Gasteiger partial charge in [-0.3, -0.25) is 23.9 Å². The van der Waals surface area contributed by atoms with Crippen molar-refractivity contribution in [2.24, 2.45) is 5.73 Å². The number of aromatic nitrogens is 3. The van der Waals surface area contributed by atoms with E-state index >= 15 is 0 Å². The minimum Gasteiger partial charge on any atom is -0.350 e.